The third-order valence-corrected chi connectivity index (χ3v) is 7.94. The molecule has 0 aliphatic heterocycles. The number of hydrogen-bond acceptors (Lipinski definition) is 3. The predicted molar refractivity (Wildman–Crippen MR) is 92.2 cm³/mol. The minimum Gasteiger partial charge on any atom is -0.393 e. The molecule has 3 heteroatoms. The number of aliphatic hydroxyl groups is 1. The standard InChI is InChI=1S/C21H28O3/c1-12(22)16-6-7-17-15-5-4-13-10-14(23)8-9-20(13,2)19(15)18(24)11-21(16,17)3/h4-5,10,15-19,24H,6-9,11H2,1-3H3. The highest BCUT2D eigenvalue weighted by atomic mass is 16.3. The van der Waals surface area contributed by atoms with Gasteiger partial charge in [0.15, 0.2) is 5.78 Å². The molecular formula is C21H28O3. The number of rotatable bonds is 1. The summed E-state index contributed by atoms with van der Waals surface area (Å²) in [6.45, 7) is 6.17. The molecule has 0 bridgehead atoms. The first kappa shape index (κ1) is 16.3. The van der Waals surface area contributed by atoms with E-state index in [9.17, 15) is 14.7 Å². The van der Waals surface area contributed by atoms with E-state index in [1.54, 1.807) is 13.0 Å². The van der Waals surface area contributed by atoms with Crippen LogP contribution < -0.4 is 0 Å². The monoisotopic (exact) mass is 328 g/mol. The molecule has 0 aromatic carbocycles. The number of carbonyl (C=O) groups is 2. The van der Waals surface area contributed by atoms with Crippen molar-refractivity contribution in [3.8, 4) is 0 Å². The van der Waals surface area contributed by atoms with Crippen molar-refractivity contribution in [3.05, 3.63) is 23.8 Å². The average Bonchev–Trinajstić information content (AvgIpc) is 2.84. The van der Waals surface area contributed by atoms with Crippen LogP contribution in [0, 0.1) is 34.5 Å². The Morgan fingerprint density at radius 1 is 1.29 bits per heavy atom. The molecule has 0 heterocycles. The van der Waals surface area contributed by atoms with E-state index in [2.05, 4.69) is 26.0 Å². The van der Waals surface area contributed by atoms with Crippen LogP contribution >= 0.6 is 0 Å². The van der Waals surface area contributed by atoms with E-state index < -0.39 is 6.10 Å². The van der Waals surface area contributed by atoms with E-state index in [1.165, 1.54) is 0 Å². The molecule has 7 atom stereocenters. The zero-order valence-electron chi connectivity index (χ0n) is 14.9. The summed E-state index contributed by atoms with van der Waals surface area (Å²) in [6.07, 6.45) is 9.94. The van der Waals surface area contributed by atoms with Gasteiger partial charge in [0.05, 0.1) is 6.10 Å². The number of allylic oxidation sites excluding steroid dienone is 4. The highest BCUT2D eigenvalue weighted by Gasteiger charge is 2.61. The van der Waals surface area contributed by atoms with Crippen LogP contribution in [0.15, 0.2) is 23.8 Å². The molecule has 4 rings (SSSR count). The molecule has 0 aromatic rings. The van der Waals surface area contributed by atoms with Crippen LogP contribution in [0.2, 0.25) is 0 Å². The molecule has 0 radical (unpaired) electrons. The third kappa shape index (κ3) is 2.00. The quantitative estimate of drug-likeness (QED) is 0.802. The predicted octanol–water partition coefficient (Wildman–Crippen LogP) is 3.47. The second-order valence-electron chi connectivity index (χ2n) is 9.07. The van der Waals surface area contributed by atoms with E-state index in [-0.39, 0.29) is 34.2 Å². The molecule has 7 unspecified atom stereocenters. The maximum atomic E-state index is 12.2. The molecule has 2 fully saturated rings. The molecule has 130 valence electrons. The van der Waals surface area contributed by atoms with Crippen LogP contribution in [0.3, 0.4) is 0 Å². The van der Waals surface area contributed by atoms with Gasteiger partial charge in [-0.05, 0) is 66.9 Å². The van der Waals surface area contributed by atoms with Gasteiger partial charge >= 0.3 is 0 Å². The lowest BCUT2D eigenvalue weighted by Crippen LogP contribution is -2.55. The number of ketones is 2. The van der Waals surface area contributed by atoms with E-state index in [4.69, 9.17) is 0 Å². The Morgan fingerprint density at radius 2 is 2.04 bits per heavy atom. The molecule has 3 nitrogen and oxygen atoms in total. The van der Waals surface area contributed by atoms with Gasteiger partial charge in [-0.2, -0.15) is 0 Å². The Kier molecular flexibility index (Phi) is 3.48. The number of Topliss-reactive ketones (excluding diaryl/α,β-unsaturated/α-hetero) is 1. The third-order valence-electron chi connectivity index (χ3n) is 7.94. The first-order valence-corrected chi connectivity index (χ1v) is 9.39. The fraction of sp³-hybridized carbons (Fsp3) is 0.714. The number of hydrogen-bond donors (Lipinski definition) is 1. The van der Waals surface area contributed by atoms with E-state index >= 15 is 0 Å². The van der Waals surface area contributed by atoms with Crippen molar-refractivity contribution in [2.45, 2.75) is 59.0 Å². The summed E-state index contributed by atoms with van der Waals surface area (Å²) in [5.41, 5.74) is 0.907. The molecule has 4 aliphatic rings. The summed E-state index contributed by atoms with van der Waals surface area (Å²) < 4.78 is 0. The van der Waals surface area contributed by atoms with Crippen molar-refractivity contribution >= 4 is 11.6 Å². The lowest BCUT2D eigenvalue weighted by molar-refractivity contribution is -0.134. The number of carbonyl (C=O) groups excluding carboxylic acids is 2. The van der Waals surface area contributed by atoms with E-state index in [1.807, 2.05) is 0 Å². The Morgan fingerprint density at radius 3 is 2.75 bits per heavy atom. The first-order valence-electron chi connectivity index (χ1n) is 9.39. The first-order chi connectivity index (χ1) is 11.3. The molecule has 0 spiro atoms. The SMILES string of the molecule is CC(=O)C1CCC2C3C=CC4=CC(=O)CCC4(C)C3C(O)CC12C. The van der Waals surface area contributed by atoms with Crippen LogP contribution in [0.1, 0.15) is 52.9 Å². The smallest absolute Gasteiger partial charge is 0.156 e. The van der Waals surface area contributed by atoms with E-state index in [0.717, 1.165) is 24.8 Å². The fourth-order valence-corrected chi connectivity index (χ4v) is 6.80. The van der Waals surface area contributed by atoms with Gasteiger partial charge < -0.3 is 5.11 Å². The summed E-state index contributed by atoms with van der Waals surface area (Å²) >= 11 is 0. The van der Waals surface area contributed by atoms with Crippen molar-refractivity contribution in [3.63, 3.8) is 0 Å². The van der Waals surface area contributed by atoms with Gasteiger partial charge in [-0.15, -0.1) is 0 Å². The summed E-state index contributed by atoms with van der Waals surface area (Å²) in [6, 6.07) is 0. The van der Waals surface area contributed by atoms with Gasteiger partial charge in [-0.1, -0.05) is 26.0 Å². The van der Waals surface area contributed by atoms with Crippen molar-refractivity contribution in [2.24, 2.45) is 34.5 Å². The van der Waals surface area contributed by atoms with Gasteiger partial charge in [0.25, 0.3) is 0 Å². The highest BCUT2D eigenvalue weighted by Crippen LogP contribution is 2.65. The second kappa shape index (κ2) is 5.14. The minimum atomic E-state index is -0.400. The normalized spacial score (nSPS) is 49.9. The Hall–Kier alpha value is -1.22. The minimum absolute atomic E-state index is 0.0845. The maximum absolute atomic E-state index is 12.2. The summed E-state index contributed by atoms with van der Waals surface area (Å²) in [5, 5.41) is 11.1. The summed E-state index contributed by atoms with van der Waals surface area (Å²) in [4.78, 5) is 24.0. The largest absolute Gasteiger partial charge is 0.393 e. The second-order valence-corrected chi connectivity index (χ2v) is 9.07. The van der Waals surface area contributed by atoms with Gasteiger partial charge in [0, 0.05) is 18.3 Å². The lowest BCUT2D eigenvalue weighted by atomic mass is 9.47. The van der Waals surface area contributed by atoms with Gasteiger partial charge in [0.2, 0.25) is 0 Å². The molecule has 24 heavy (non-hydrogen) atoms. The van der Waals surface area contributed by atoms with Crippen LogP contribution in [0.4, 0.5) is 0 Å². The fourth-order valence-electron chi connectivity index (χ4n) is 6.80. The summed E-state index contributed by atoms with van der Waals surface area (Å²) in [5.74, 6) is 1.53. The van der Waals surface area contributed by atoms with Gasteiger partial charge in [-0.3, -0.25) is 9.59 Å². The zero-order chi connectivity index (χ0) is 17.3. The van der Waals surface area contributed by atoms with Gasteiger partial charge in [0.1, 0.15) is 5.78 Å². The molecular weight excluding hydrogens is 300 g/mol. The highest BCUT2D eigenvalue weighted by molar-refractivity contribution is 5.92. The van der Waals surface area contributed by atoms with Crippen LogP contribution in [-0.2, 0) is 9.59 Å². The summed E-state index contributed by atoms with van der Waals surface area (Å²) in [7, 11) is 0. The van der Waals surface area contributed by atoms with E-state index in [0.29, 0.717) is 24.7 Å². The Labute approximate surface area is 144 Å². The molecule has 2 saturated carbocycles. The maximum Gasteiger partial charge on any atom is 0.156 e. The van der Waals surface area contributed by atoms with Crippen LogP contribution in [0.5, 0.6) is 0 Å². The van der Waals surface area contributed by atoms with Gasteiger partial charge in [-0.25, -0.2) is 0 Å². The zero-order valence-corrected chi connectivity index (χ0v) is 14.9. The number of aliphatic hydroxyl groups excluding tert-OH is 1. The molecule has 0 amide bonds. The van der Waals surface area contributed by atoms with Crippen molar-refractivity contribution in [1.29, 1.82) is 0 Å². The lowest BCUT2D eigenvalue weighted by Gasteiger charge is -2.57. The number of fused-ring (bicyclic) bond motifs is 5. The van der Waals surface area contributed by atoms with Crippen molar-refractivity contribution in [1.82, 2.24) is 0 Å². The van der Waals surface area contributed by atoms with Crippen LogP contribution in [0.25, 0.3) is 0 Å². The van der Waals surface area contributed by atoms with Crippen LogP contribution in [-0.4, -0.2) is 22.8 Å². The van der Waals surface area contributed by atoms with Crippen molar-refractivity contribution in [2.75, 3.05) is 0 Å². The molecule has 0 saturated heterocycles. The topological polar surface area (TPSA) is 54.4 Å². The van der Waals surface area contributed by atoms with Crippen molar-refractivity contribution < 1.29 is 14.7 Å². The Balaban J connectivity index is 1.78. The average molecular weight is 328 g/mol. The molecule has 0 aromatic heterocycles. The molecule has 1 N–H and O–H groups in total. The molecule has 4 aliphatic carbocycles. The Bertz CT molecular complexity index is 660.